The summed E-state index contributed by atoms with van der Waals surface area (Å²) in [5, 5.41) is 3.29. The molecule has 4 heteroatoms. The molecule has 0 unspecified atom stereocenters. The molecule has 0 saturated carbocycles. The number of carbonyl (C=O) groups is 1. The molecule has 0 spiro atoms. The van der Waals surface area contributed by atoms with E-state index in [1.165, 1.54) is 5.56 Å². The van der Waals surface area contributed by atoms with Crippen molar-refractivity contribution >= 4 is 5.78 Å². The largest absolute Gasteiger partial charge is 0.492 e. The topological polar surface area (TPSA) is 41.6 Å². The summed E-state index contributed by atoms with van der Waals surface area (Å²) in [7, 11) is 0. The Hall–Kier alpha value is -1.39. The fraction of sp³-hybridized carbons (Fsp3) is 0.500. The molecular weight excluding hydrogens is 228 g/mol. The highest BCUT2D eigenvalue weighted by Crippen LogP contribution is 2.29. The number of hydrogen-bond donors (Lipinski definition) is 1. The quantitative estimate of drug-likeness (QED) is 0.798. The lowest BCUT2D eigenvalue weighted by Crippen LogP contribution is -2.45. The summed E-state index contributed by atoms with van der Waals surface area (Å²) < 4.78 is 5.59. The molecule has 0 amide bonds. The van der Waals surface area contributed by atoms with Crippen molar-refractivity contribution in [2.75, 3.05) is 39.3 Å². The van der Waals surface area contributed by atoms with Crippen molar-refractivity contribution in [3.63, 3.8) is 0 Å². The average molecular weight is 246 g/mol. The third-order valence-electron chi connectivity index (χ3n) is 3.59. The Morgan fingerprint density at radius 3 is 3.00 bits per heavy atom. The van der Waals surface area contributed by atoms with Crippen molar-refractivity contribution in [1.82, 2.24) is 10.2 Å². The molecule has 0 radical (unpaired) electrons. The molecule has 1 aromatic carbocycles. The summed E-state index contributed by atoms with van der Waals surface area (Å²) in [6.45, 7) is 5.03. The summed E-state index contributed by atoms with van der Waals surface area (Å²) in [4.78, 5) is 14.5. The number of nitrogens with zero attached hydrogens (tertiary/aromatic N) is 1. The van der Waals surface area contributed by atoms with Crippen LogP contribution >= 0.6 is 0 Å². The molecule has 0 atom stereocenters. The van der Waals surface area contributed by atoms with Crippen molar-refractivity contribution in [3.05, 3.63) is 29.3 Å². The van der Waals surface area contributed by atoms with E-state index in [2.05, 4.69) is 10.2 Å². The van der Waals surface area contributed by atoms with Gasteiger partial charge in [0.15, 0.2) is 5.78 Å². The van der Waals surface area contributed by atoms with Crippen LogP contribution in [-0.2, 0) is 6.42 Å². The first kappa shape index (κ1) is 11.7. The van der Waals surface area contributed by atoms with Gasteiger partial charge in [-0.2, -0.15) is 0 Å². The van der Waals surface area contributed by atoms with Gasteiger partial charge in [-0.15, -0.1) is 0 Å². The van der Waals surface area contributed by atoms with Crippen molar-refractivity contribution in [1.29, 1.82) is 0 Å². The molecule has 0 bridgehead atoms. The van der Waals surface area contributed by atoms with E-state index in [-0.39, 0.29) is 5.78 Å². The molecule has 4 nitrogen and oxygen atoms in total. The number of benzene rings is 1. The summed E-state index contributed by atoms with van der Waals surface area (Å²) >= 11 is 0. The number of rotatable bonds is 3. The van der Waals surface area contributed by atoms with Gasteiger partial charge in [0, 0.05) is 32.6 Å². The Bertz CT molecular complexity index is 453. The van der Waals surface area contributed by atoms with Gasteiger partial charge in [0.1, 0.15) is 5.75 Å². The van der Waals surface area contributed by atoms with Crippen LogP contribution in [0.25, 0.3) is 0 Å². The molecule has 0 aliphatic carbocycles. The van der Waals surface area contributed by atoms with Gasteiger partial charge in [0.25, 0.3) is 0 Å². The number of nitrogens with one attached hydrogen (secondary N) is 1. The number of para-hydroxylation sites is 1. The molecule has 18 heavy (non-hydrogen) atoms. The van der Waals surface area contributed by atoms with Gasteiger partial charge >= 0.3 is 0 Å². The fourth-order valence-corrected chi connectivity index (χ4v) is 2.59. The Morgan fingerprint density at radius 2 is 2.17 bits per heavy atom. The minimum atomic E-state index is 0.177. The molecule has 2 heterocycles. The lowest BCUT2D eigenvalue weighted by Gasteiger charge is -2.26. The minimum Gasteiger partial charge on any atom is -0.492 e. The predicted octanol–water partition coefficient (Wildman–Crippen LogP) is 0.709. The van der Waals surface area contributed by atoms with E-state index in [0.717, 1.165) is 43.9 Å². The molecule has 1 fully saturated rings. The predicted molar refractivity (Wildman–Crippen MR) is 69.3 cm³/mol. The normalized spacial score (nSPS) is 19.3. The maximum absolute atomic E-state index is 12.3. The van der Waals surface area contributed by atoms with Gasteiger partial charge in [0.05, 0.1) is 18.7 Å². The lowest BCUT2D eigenvalue weighted by molar-refractivity contribution is 0.0918. The van der Waals surface area contributed by atoms with E-state index >= 15 is 0 Å². The van der Waals surface area contributed by atoms with Crippen LogP contribution in [0.15, 0.2) is 18.2 Å². The van der Waals surface area contributed by atoms with Crippen molar-refractivity contribution in [2.45, 2.75) is 6.42 Å². The Balaban J connectivity index is 1.74. The van der Waals surface area contributed by atoms with Crippen LogP contribution in [0.2, 0.25) is 0 Å². The number of ketones is 1. The third-order valence-corrected chi connectivity index (χ3v) is 3.59. The molecule has 0 aromatic heterocycles. The maximum atomic E-state index is 12.3. The highest BCUT2D eigenvalue weighted by atomic mass is 16.5. The zero-order chi connectivity index (χ0) is 12.4. The van der Waals surface area contributed by atoms with Crippen LogP contribution in [0, 0.1) is 0 Å². The van der Waals surface area contributed by atoms with Gasteiger partial charge in [0.2, 0.25) is 0 Å². The zero-order valence-electron chi connectivity index (χ0n) is 10.4. The summed E-state index contributed by atoms with van der Waals surface area (Å²) in [5.74, 6) is 0.994. The molecular formula is C14H18N2O2. The van der Waals surface area contributed by atoms with Crippen molar-refractivity contribution in [3.8, 4) is 5.75 Å². The first-order valence-electron chi connectivity index (χ1n) is 6.55. The van der Waals surface area contributed by atoms with Crippen LogP contribution in [0.4, 0.5) is 0 Å². The van der Waals surface area contributed by atoms with E-state index in [4.69, 9.17) is 4.74 Å². The highest BCUT2D eigenvalue weighted by Gasteiger charge is 2.22. The maximum Gasteiger partial charge on any atom is 0.180 e. The van der Waals surface area contributed by atoms with Crippen LogP contribution in [-0.4, -0.2) is 50.0 Å². The van der Waals surface area contributed by atoms with E-state index in [9.17, 15) is 4.79 Å². The summed E-state index contributed by atoms with van der Waals surface area (Å²) in [5.41, 5.74) is 1.92. The Morgan fingerprint density at radius 1 is 1.33 bits per heavy atom. The Labute approximate surface area is 107 Å². The standard InChI is InChI=1S/C14H18N2O2/c17-13(10-16-7-5-15-6-8-16)12-3-1-2-11-4-9-18-14(11)12/h1-3,15H,4-10H2. The van der Waals surface area contributed by atoms with E-state index in [1.54, 1.807) is 0 Å². The average Bonchev–Trinajstić information content (AvgIpc) is 2.87. The minimum absolute atomic E-state index is 0.177. The van der Waals surface area contributed by atoms with Crippen LogP contribution < -0.4 is 10.1 Å². The van der Waals surface area contributed by atoms with Crippen molar-refractivity contribution < 1.29 is 9.53 Å². The van der Waals surface area contributed by atoms with E-state index in [1.807, 2.05) is 18.2 Å². The number of ether oxygens (including phenoxy) is 1. The smallest absolute Gasteiger partial charge is 0.180 e. The number of hydrogen-bond acceptors (Lipinski definition) is 4. The van der Waals surface area contributed by atoms with E-state index < -0.39 is 0 Å². The molecule has 1 aromatic rings. The third kappa shape index (κ3) is 2.26. The monoisotopic (exact) mass is 246 g/mol. The second-order valence-corrected chi connectivity index (χ2v) is 4.84. The van der Waals surface area contributed by atoms with Crippen LogP contribution in [0.3, 0.4) is 0 Å². The Kier molecular flexibility index (Phi) is 3.30. The molecule has 1 N–H and O–H groups in total. The summed E-state index contributed by atoms with van der Waals surface area (Å²) in [6, 6.07) is 5.89. The highest BCUT2D eigenvalue weighted by molar-refractivity contribution is 6.00. The zero-order valence-corrected chi connectivity index (χ0v) is 10.4. The first-order valence-corrected chi connectivity index (χ1v) is 6.55. The van der Waals surface area contributed by atoms with Gasteiger partial charge in [-0.3, -0.25) is 9.69 Å². The first-order chi connectivity index (χ1) is 8.84. The second-order valence-electron chi connectivity index (χ2n) is 4.84. The lowest BCUT2D eigenvalue weighted by atomic mass is 10.0. The molecule has 1 saturated heterocycles. The second kappa shape index (κ2) is 5.08. The number of fused-ring (bicyclic) bond motifs is 1. The number of carbonyl (C=O) groups excluding carboxylic acids is 1. The molecule has 3 rings (SSSR count). The van der Waals surface area contributed by atoms with Crippen LogP contribution in [0.1, 0.15) is 15.9 Å². The molecule has 2 aliphatic rings. The number of Topliss-reactive ketones (excluding diaryl/α,β-unsaturated/α-hetero) is 1. The van der Waals surface area contributed by atoms with Crippen LogP contribution in [0.5, 0.6) is 5.75 Å². The summed E-state index contributed by atoms with van der Waals surface area (Å²) in [6.07, 6.45) is 0.921. The fourth-order valence-electron chi connectivity index (χ4n) is 2.59. The molecule has 2 aliphatic heterocycles. The van der Waals surface area contributed by atoms with Gasteiger partial charge in [-0.25, -0.2) is 0 Å². The number of piperazine rings is 1. The van der Waals surface area contributed by atoms with Gasteiger partial charge in [-0.05, 0) is 11.6 Å². The van der Waals surface area contributed by atoms with Gasteiger partial charge in [-0.1, -0.05) is 12.1 Å². The van der Waals surface area contributed by atoms with E-state index in [0.29, 0.717) is 13.2 Å². The van der Waals surface area contributed by atoms with Gasteiger partial charge < -0.3 is 10.1 Å². The van der Waals surface area contributed by atoms with Crippen molar-refractivity contribution in [2.24, 2.45) is 0 Å². The SMILES string of the molecule is O=C(CN1CCNCC1)c1cccc2c1OCC2. The molecule has 96 valence electrons.